The Morgan fingerprint density at radius 2 is 1.61 bits per heavy atom. The standard InChI is InChI=1S/C26H23N3O4/c1-17-4-3-5-21(14-17)25-28-27-24(33-25)19-7-9-20(10-8-19)26(30)29(2)16-18-6-11-22-23(15-18)32-13-12-31-22/h3-11,14-15H,12-13,16H2,1-2H3. The van der Waals surface area contributed by atoms with Gasteiger partial charge >= 0.3 is 0 Å². The van der Waals surface area contributed by atoms with Gasteiger partial charge in [-0.15, -0.1) is 10.2 Å². The summed E-state index contributed by atoms with van der Waals surface area (Å²) < 4.78 is 17.0. The lowest BCUT2D eigenvalue weighted by Crippen LogP contribution is -2.26. The van der Waals surface area contributed by atoms with Crippen molar-refractivity contribution in [2.45, 2.75) is 13.5 Å². The molecule has 1 aliphatic heterocycles. The number of aromatic nitrogens is 2. The Labute approximate surface area is 191 Å². The van der Waals surface area contributed by atoms with Crippen LogP contribution >= 0.6 is 0 Å². The smallest absolute Gasteiger partial charge is 0.253 e. The van der Waals surface area contributed by atoms with Crippen LogP contribution in [-0.4, -0.2) is 41.3 Å². The Balaban J connectivity index is 1.28. The molecule has 0 saturated heterocycles. The number of fused-ring (bicyclic) bond motifs is 1. The molecule has 0 fully saturated rings. The minimum Gasteiger partial charge on any atom is -0.486 e. The topological polar surface area (TPSA) is 77.7 Å². The quantitative estimate of drug-likeness (QED) is 0.445. The van der Waals surface area contributed by atoms with Crippen LogP contribution in [0.5, 0.6) is 11.5 Å². The van der Waals surface area contributed by atoms with Gasteiger partial charge in [-0.05, 0) is 61.0 Å². The predicted octanol–water partition coefficient (Wildman–Crippen LogP) is 4.76. The van der Waals surface area contributed by atoms with E-state index in [1.54, 1.807) is 24.1 Å². The monoisotopic (exact) mass is 441 g/mol. The fraction of sp³-hybridized carbons (Fsp3) is 0.192. The minimum absolute atomic E-state index is 0.0811. The number of carbonyl (C=O) groups is 1. The fourth-order valence-corrected chi connectivity index (χ4v) is 3.74. The number of carbonyl (C=O) groups excluding carboxylic acids is 1. The maximum Gasteiger partial charge on any atom is 0.253 e. The molecule has 33 heavy (non-hydrogen) atoms. The van der Waals surface area contributed by atoms with Crippen molar-refractivity contribution in [2.24, 2.45) is 0 Å². The predicted molar refractivity (Wildman–Crippen MR) is 123 cm³/mol. The molecule has 0 atom stereocenters. The Kier molecular flexibility index (Phi) is 5.52. The van der Waals surface area contributed by atoms with Gasteiger partial charge in [-0.25, -0.2) is 0 Å². The zero-order valence-electron chi connectivity index (χ0n) is 18.4. The summed E-state index contributed by atoms with van der Waals surface area (Å²) in [6.45, 7) is 3.56. The maximum absolute atomic E-state index is 12.9. The van der Waals surface area contributed by atoms with Crippen LogP contribution in [0.4, 0.5) is 0 Å². The van der Waals surface area contributed by atoms with Gasteiger partial charge in [0.25, 0.3) is 5.91 Å². The third-order valence-electron chi connectivity index (χ3n) is 5.44. The third kappa shape index (κ3) is 4.43. The average molecular weight is 441 g/mol. The highest BCUT2D eigenvalue weighted by Gasteiger charge is 2.17. The van der Waals surface area contributed by atoms with Crippen molar-refractivity contribution in [1.82, 2.24) is 15.1 Å². The van der Waals surface area contributed by atoms with Crippen molar-refractivity contribution in [3.8, 4) is 34.4 Å². The number of ether oxygens (including phenoxy) is 2. The van der Waals surface area contributed by atoms with E-state index in [9.17, 15) is 4.79 Å². The molecule has 0 N–H and O–H groups in total. The number of hydrogen-bond donors (Lipinski definition) is 0. The molecule has 0 bridgehead atoms. The van der Waals surface area contributed by atoms with E-state index in [4.69, 9.17) is 13.9 Å². The Morgan fingerprint density at radius 1 is 0.879 bits per heavy atom. The second kappa shape index (κ2) is 8.78. The van der Waals surface area contributed by atoms with Crippen molar-refractivity contribution in [2.75, 3.05) is 20.3 Å². The van der Waals surface area contributed by atoms with Crippen molar-refractivity contribution >= 4 is 5.91 Å². The molecule has 5 rings (SSSR count). The van der Waals surface area contributed by atoms with Crippen molar-refractivity contribution in [3.63, 3.8) is 0 Å². The van der Waals surface area contributed by atoms with E-state index >= 15 is 0 Å². The summed E-state index contributed by atoms with van der Waals surface area (Å²) in [6.07, 6.45) is 0. The van der Waals surface area contributed by atoms with Crippen LogP contribution in [0.2, 0.25) is 0 Å². The Bertz CT molecular complexity index is 1300. The summed E-state index contributed by atoms with van der Waals surface area (Å²) in [4.78, 5) is 14.6. The van der Waals surface area contributed by atoms with E-state index in [0.717, 1.165) is 28.0 Å². The van der Waals surface area contributed by atoms with Crippen LogP contribution in [0.15, 0.2) is 71.1 Å². The minimum atomic E-state index is -0.0811. The van der Waals surface area contributed by atoms with Gasteiger partial charge in [0.05, 0.1) is 0 Å². The number of aryl methyl sites for hydroxylation is 1. The fourth-order valence-electron chi connectivity index (χ4n) is 3.74. The zero-order valence-corrected chi connectivity index (χ0v) is 18.4. The summed E-state index contributed by atoms with van der Waals surface area (Å²) in [7, 11) is 1.78. The highest BCUT2D eigenvalue weighted by Crippen LogP contribution is 2.31. The lowest BCUT2D eigenvalue weighted by Gasteiger charge is -2.21. The van der Waals surface area contributed by atoms with Gasteiger partial charge in [0.1, 0.15) is 13.2 Å². The van der Waals surface area contributed by atoms with Crippen LogP contribution in [-0.2, 0) is 6.54 Å². The molecule has 2 heterocycles. The van der Waals surface area contributed by atoms with Crippen LogP contribution in [0.25, 0.3) is 22.9 Å². The lowest BCUT2D eigenvalue weighted by molar-refractivity contribution is 0.0784. The number of nitrogens with zero attached hydrogens (tertiary/aromatic N) is 3. The molecule has 0 unspecified atom stereocenters. The molecule has 3 aromatic carbocycles. The maximum atomic E-state index is 12.9. The third-order valence-corrected chi connectivity index (χ3v) is 5.44. The molecule has 0 aliphatic carbocycles. The Hall–Kier alpha value is -4.13. The van der Waals surface area contributed by atoms with Crippen molar-refractivity contribution in [1.29, 1.82) is 0 Å². The van der Waals surface area contributed by atoms with Crippen LogP contribution in [0, 0.1) is 6.92 Å². The van der Waals surface area contributed by atoms with E-state index in [2.05, 4.69) is 10.2 Å². The summed E-state index contributed by atoms with van der Waals surface area (Å²) in [5.74, 6) is 2.25. The van der Waals surface area contributed by atoms with Crippen molar-refractivity contribution < 1.29 is 18.7 Å². The molecule has 7 heteroatoms. The van der Waals surface area contributed by atoms with Gasteiger partial charge in [-0.3, -0.25) is 4.79 Å². The van der Waals surface area contributed by atoms with Gasteiger partial charge in [-0.1, -0.05) is 23.8 Å². The molecule has 4 aromatic rings. The number of hydrogen-bond acceptors (Lipinski definition) is 6. The first kappa shape index (κ1) is 20.8. The molecule has 166 valence electrons. The molecule has 0 spiro atoms. The number of rotatable bonds is 5. The molecule has 1 aliphatic rings. The number of amides is 1. The molecule has 1 amide bonds. The molecule has 0 radical (unpaired) electrons. The van der Waals surface area contributed by atoms with Crippen LogP contribution < -0.4 is 9.47 Å². The first-order valence-electron chi connectivity index (χ1n) is 10.7. The molecular weight excluding hydrogens is 418 g/mol. The van der Waals surface area contributed by atoms with Gasteiger partial charge in [0.15, 0.2) is 11.5 Å². The lowest BCUT2D eigenvalue weighted by atomic mass is 10.1. The van der Waals surface area contributed by atoms with Gasteiger partial charge in [0, 0.05) is 30.3 Å². The van der Waals surface area contributed by atoms with E-state index in [-0.39, 0.29) is 5.91 Å². The largest absolute Gasteiger partial charge is 0.486 e. The van der Waals surface area contributed by atoms with Crippen molar-refractivity contribution in [3.05, 3.63) is 83.4 Å². The number of benzene rings is 3. The first-order chi connectivity index (χ1) is 16.1. The Morgan fingerprint density at radius 3 is 2.36 bits per heavy atom. The SMILES string of the molecule is Cc1cccc(-c2nnc(-c3ccc(C(=O)N(C)Cc4ccc5c(c4)OCCO5)cc3)o2)c1. The summed E-state index contributed by atoms with van der Waals surface area (Å²) in [6, 6.07) is 20.8. The van der Waals surface area contributed by atoms with Crippen LogP contribution in [0.3, 0.4) is 0 Å². The summed E-state index contributed by atoms with van der Waals surface area (Å²) >= 11 is 0. The molecular formula is C26H23N3O4. The molecule has 0 saturated carbocycles. The average Bonchev–Trinajstić information content (AvgIpc) is 3.34. The summed E-state index contributed by atoms with van der Waals surface area (Å²) in [5, 5.41) is 8.32. The molecule has 7 nitrogen and oxygen atoms in total. The molecule has 1 aromatic heterocycles. The van der Waals surface area contributed by atoms with Gasteiger partial charge in [0.2, 0.25) is 11.8 Å². The van der Waals surface area contributed by atoms with E-state index in [1.807, 2.05) is 61.5 Å². The van der Waals surface area contributed by atoms with E-state index < -0.39 is 0 Å². The van der Waals surface area contributed by atoms with Gasteiger partial charge in [-0.2, -0.15) is 0 Å². The van der Waals surface area contributed by atoms with Gasteiger partial charge < -0.3 is 18.8 Å². The first-order valence-corrected chi connectivity index (χ1v) is 10.7. The second-order valence-corrected chi connectivity index (χ2v) is 8.00. The highest BCUT2D eigenvalue weighted by molar-refractivity contribution is 5.94. The normalized spacial score (nSPS) is 12.4. The second-order valence-electron chi connectivity index (χ2n) is 8.00. The van der Waals surface area contributed by atoms with E-state index in [1.165, 1.54) is 0 Å². The van der Waals surface area contributed by atoms with Crippen LogP contribution in [0.1, 0.15) is 21.5 Å². The van der Waals surface area contributed by atoms with E-state index in [0.29, 0.717) is 42.9 Å². The highest BCUT2D eigenvalue weighted by atomic mass is 16.6. The summed E-state index contributed by atoms with van der Waals surface area (Å²) in [5.41, 5.74) is 4.31. The zero-order chi connectivity index (χ0) is 22.8.